The summed E-state index contributed by atoms with van der Waals surface area (Å²) < 4.78 is 83.0. The third-order valence-corrected chi connectivity index (χ3v) is 16.1. The number of sulfonamides is 2. The highest BCUT2D eigenvalue weighted by Crippen LogP contribution is 2.25. The highest BCUT2D eigenvalue weighted by Gasteiger charge is 2.20. The van der Waals surface area contributed by atoms with Crippen molar-refractivity contribution in [1.29, 1.82) is 0 Å². The number of aromatic carboxylic acids is 3. The van der Waals surface area contributed by atoms with Crippen molar-refractivity contribution >= 4 is 82.9 Å². The Hall–Kier alpha value is -9.89. The predicted octanol–water partition coefficient (Wildman–Crippen LogP) is 8.30. The quantitative estimate of drug-likeness (QED) is 0.0324. The first-order valence-corrected chi connectivity index (χ1v) is 29.5. The molecule has 8 aromatic rings. The lowest BCUT2D eigenvalue weighted by atomic mass is 10.0. The zero-order valence-corrected chi connectivity index (χ0v) is 47.8. The first-order valence-electron chi connectivity index (χ1n) is 25.1. The van der Waals surface area contributed by atoms with Gasteiger partial charge in [-0.25, -0.2) is 40.7 Å². The van der Waals surface area contributed by atoms with Crippen molar-refractivity contribution in [3.8, 4) is 28.0 Å². The molecule has 440 valence electrons. The van der Waals surface area contributed by atoms with Gasteiger partial charge in [-0.1, -0.05) is 102 Å². The van der Waals surface area contributed by atoms with E-state index in [1.807, 2.05) is 69.3 Å². The van der Waals surface area contributed by atoms with Gasteiger partial charge in [0.25, 0.3) is 16.0 Å². The highest BCUT2D eigenvalue weighted by atomic mass is 32.2. The number of nitrogens with one attached hydrogen (secondary N) is 5. The van der Waals surface area contributed by atoms with Crippen LogP contribution < -0.4 is 25.4 Å². The summed E-state index contributed by atoms with van der Waals surface area (Å²) in [5.74, 6) is -5.92. The van der Waals surface area contributed by atoms with Gasteiger partial charge >= 0.3 is 17.9 Å². The molecule has 0 aromatic heterocycles. The van der Waals surface area contributed by atoms with Gasteiger partial charge in [-0.05, 0) is 140 Å². The van der Waals surface area contributed by atoms with E-state index in [1.54, 1.807) is 36.4 Å². The number of carboxylic acids is 3. The normalized spacial score (nSPS) is 11.1. The van der Waals surface area contributed by atoms with Crippen molar-refractivity contribution in [2.45, 2.75) is 35.5 Å². The Morgan fingerprint density at radius 1 is 0.388 bits per heavy atom. The summed E-state index contributed by atoms with van der Waals surface area (Å²) >= 11 is 0. The van der Waals surface area contributed by atoms with Crippen LogP contribution in [0.2, 0.25) is 0 Å². The minimum Gasteiger partial charge on any atom is -0.507 e. The number of carboxylic acid groups (broad SMARTS) is 3. The van der Waals surface area contributed by atoms with E-state index in [0.717, 1.165) is 51.1 Å². The van der Waals surface area contributed by atoms with Gasteiger partial charge in [0.2, 0.25) is 31.9 Å². The van der Waals surface area contributed by atoms with Gasteiger partial charge in [-0.15, -0.1) is 0 Å². The molecule has 0 aliphatic heterocycles. The molecule has 0 saturated heterocycles. The summed E-state index contributed by atoms with van der Waals surface area (Å²) in [7, 11) is -11.8. The highest BCUT2D eigenvalue weighted by molar-refractivity contribution is 7.89. The molecule has 0 unspecified atom stereocenters. The molecule has 8 rings (SSSR count). The molecule has 0 aliphatic rings. The van der Waals surface area contributed by atoms with Crippen LogP contribution in [0.3, 0.4) is 0 Å². The summed E-state index contributed by atoms with van der Waals surface area (Å²) in [6.45, 7) is 4.13. The Bertz CT molecular complexity index is 4060. The number of carbonyl (C=O) groups is 6. The summed E-state index contributed by atoms with van der Waals surface area (Å²) in [5, 5.41) is 43.5. The van der Waals surface area contributed by atoms with Crippen LogP contribution in [0.25, 0.3) is 22.3 Å². The Labute approximate surface area is 489 Å². The molecule has 8 aromatic carbocycles. The average molecular weight is 1210 g/mol. The van der Waals surface area contributed by atoms with Crippen molar-refractivity contribution < 1.29 is 78.6 Å². The monoisotopic (exact) mass is 1210 g/mol. The molecule has 25 heteroatoms. The first-order chi connectivity index (χ1) is 40.2. The fourth-order valence-corrected chi connectivity index (χ4v) is 10.2. The maximum Gasteiger partial charge on any atom is 0.339 e. The second-order valence-electron chi connectivity index (χ2n) is 18.4. The number of phenols is 1. The van der Waals surface area contributed by atoms with Crippen LogP contribution in [0, 0.1) is 20.8 Å². The molecular weight excluding hydrogens is 1160 g/mol. The molecule has 22 nitrogen and oxygen atoms in total. The fourth-order valence-electron chi connectivity index (χ4n) is 7.33. The number of amides is 3. The summed E-state index contributed by atoms with van der Waals surface area (Å²) in [6.07, 6.45) is 0. The molecule has 0 bridgehead atoms. The number of hydrogen-bond donors (Lipinski definition) is 9. The SMILES string of the molecule is Cc1ccc(-c2ccc(S(=O)(=O)NCC(=O)Nc3ccc(C(=O)O)cc3)cc2)cc1.Cc1ccc(-c2ccc(S(=O)(=O)OCC(=O)Nc3ccc(C(=O)O)c(O)c3)cc2)cc1.Cc1ccc(S(=O)(=O)NCC(=O)Nc2ccc(C(=O)O)cc2)cc1. The van der Waals surface area contributed by atoms with Crippen LogP contribution in [0.1, 0.15) is 47.8 Å². The fraction of sp³-hybridized carbons (Fsp3) is 0.100. The van der Waals surface area contributed by atoms with Gasteiger partial charge in [0.05, 0.1) is 38.9 Å². The van der Waals surface area contributed by atoms with E-state index in [1.165, 1.54) is 91.0 Å². The number of aromatic hydroxyl groups is 1. The van der Waals surface area contributed by atoms with Gasteiger partial charge in [0, 0.05) is 23.1 Å². The summed E-state index contributed by atoms with van der Waals surface area (Å²) in [6, 6.07) is 48.9. The van der Waals surface area contributed by atoms with Gasteiger partial charge < -0.3 is 36.4 Å². The topological polar surface area (TPSA) is 355 Å². The molecule has 0 saturated carbocycles. The largest absolute Gasteiger partial charge is 0.507 e. The maximum atomic E-state index is 12.4. The van der Waals surface area contributed by atoms with Gasteiger partial charge in [-0.2, -0.15) is 8.42 Å². The van der Waals surface area contributed by atoms with Crippen LogP contribution in [0.4, 0.5) is 17.1 Å². The van der Waals surface area contributed by atoms with Crippen LogP contribution >= 0.6 is 0 Å². The predicted molar refractivity (Wildman–Crippen MR) is 316 cm³/mol. The molecule has 0 radical (unpaired) electrons. The summed E-state index contributed by atoms with van der Waals surface area (Å²) in [5.41, 5.74) is 7.50. The Morgan fingerprint density at radius 2 is 0.706 bits per heavy atom. The van der Waals surface area contributed by atoms with Gasteiger partial charge in [0.1, 0.15) is 17.9 Å². The molecular formula is C60H55N5O17S3. The smallest absolute Gasteiger partial charge is 0.339 e. The van der Waals surface area contributed by atoms with Crippen LogP contribution in [0.15, 0.2) is 203 Å². The molecule has 0 spiro atoms. The van der Waals surface area contributed by atoms with E-state index in [-0.39, 0.29) is 37.1 Å². The number of hydrogen-bond acceptors (Lipinski definition) is 14. The molecule has 0 atom stereocenters. The van der Waals surface area contributed by atoms with E-state index in [2.05, 4.69) is 25.4 Å². The molecule has 9 N–H and O–H groups in total. The van der Waals surface area contributed by atoms with Crippen LogP contribution in [-0.2, 0) is 48.7 Å². The van der Waals surface area contributed by atoms with Crippen molar-refractivity contribution in [2.24, 2.45) is 0 Å². The molecule has 0 aliphatic carbocycles. The first kappa shape index (κ1) is 64.3. The molecule has 3 amide bonds. The molecule has 85 heavy (non-hydrogen) atoms. The number of aryl methyl sites for hydroxylation is 3. The zero-order valence-electron chi connectivity index (χ0n) is 45.3. The third-order valence-electron chi connectivity index (χ3n) is 11.9. The van der Waals surface area contributed by atoms with Crippen molar-refractivity contribution in [3.63, 3.8) is 0 Å². The lowest BCUT2D eigenvalue weighted by molar-refractivity contribution is -0.118. The van der Waals surface area contributed by atoms with Gasteiger partial charge in [-0.3, -0.25) is 18.6 Å². The number of benzene rings is 8. The van der Waals surface area contributed by atoms with Crippen LogP contribution in [-0.4, -0.2) is 101 Å². The maximum absolute atomic E-state index is 12.4. The Balaban J connectivity index is 0.000000206. The minimum atomic E-state index is -4.17. The number of carbonyl (C=O) groups excluding carboxylic acids is 3. The molecule has 0 fully saturated rings. The van der Waals surface area contributed by atoms with Crippen LogP contribution in [0.5, 0.6) is 5.75 Å². The van der Waals surface area contributed by atoms with E-state index in [9.17, 15) is 59.1 Å². The number of rotatable bonds is 20. The van der Waals surface area contributed by atoms with Gasteiger partial charge in [0.15, 0.2) is 0 Å². The van der Waals surface area contributed by atoms with Crippen molar-refractivity contribution in [3.05, 3.63) is 221 Å². The standard InChI is InChI=1S/C22H20N2O5S.C22H19NO7S.C16H16N2O5S/c1-15-2-4-16(5-3-15)17-8-12-20(13-9-17)30(28,29)23-14-21(25)24-19-10-6-18(7-11-19)22(26)27;1-14-2-4-15(5-3-14)16-6-9-18(10-7-16)31(28,29)30-13-21(25)23-17-8-11-19(22(26)27)20(24)12-17;1-11-2-8-14(9-3-11)24(22,23)17-10-15(19)18-13-6-4-12(5-7-13)16(20)21/h2-13,23H,14H2,1H3,(H,24,25)(H,26,27);2-12,24H,13H2,1H3,(H,23,25)(H,26,27);2-9,17H,10H2,1H3,(H,18,19)(H,20,21). The third kappa shape index (κ3) is 19.4. The summed E-state index contributed by atoms with van der Waals surface area (Å²) in [4.78, 5) is 68.3. The van der Waals surface area contributed by atoms with E-state index in [0.29, 0.717) is 11.4 Å². The zero-order chi connectivity index (χ0) is 62.1. The number of anilines is 3. The van der Waals surface area contributed by atoms with E-state index in [4.69, 9.17) is 19.5 Å². The Kier molecular flexibility index (Phi) is 21.8. The average Bonchev–Trinajstić information content (AvgIpc) is 3.68. The second kappa shape index (κ2) is 28.9. The Morgan fingerprint density at radius 3 is 1.06 bits per heavy atom. The minimum absolute atomic E-state index is 0.0528. The lowest BCUT2D eigenvalue weighted by Gasteiger charge is -2.09. The van der Waals surface area contributed by atoms with Crippen molar-refractivity contribution in [2.75, 3.05) is 35.6 Å². The second-order valence-corrected chi connectivity index (χ2v) is 23.6. The van der Waals surface area contributed by atoms with Crippen molar-refractivity contribution in [1.82, 2.24) is 9.44 Å². The van der Waals surface area contributed by atoms with E-state index < -0.39 is 91.2 Å². The van der Waals surface area contributed by atoms with E-state index >= 15 is 0 Å². The molecule has 0 heterocycles. The lowest BCUT2D eigenvalue weighted by Crippen LogP contribution is -2.32.